The second kappa shape index (κ2) is 4.45. The summed E-state index contributed by atoms with van der Waals surface area (Å²) in [4.78, 5) is 21.1. The fourth-order valence-electron chi connectivity index (χ4n) is 1.21. The quantitative estimate of drug-likeness (QED) is 0.391. The Hall–Kier alpha value is -1.58. The third-order valence-corrected chi connectivity index (χ3v) is 1.80. The van der Waals surface area contributed by atoms with E-state index < -0.39 is 5.97 Å². The number of allylic oxidation sites excluding steroid dienone is 2. The van der Waals surface area contributed by atoms with E-state index in [1.807, 2.05) is 6.08 Å². The van der Waals surface area contributed by atoms with Crippen LogP contribution in [-0.2, 0) is 14.3 Å². The number of rotatable bonds is 3. The first-order valence-electron chi connectivity index (χ1n) is 4.02. The van der Waals surface area contributed by atoms with Crippen LogP contribution in [0, 0.1) is 0 Å². The molecule has 4 nitrogen and oxygen atoms in total. The first-order valence-corrected chi connectivity index (χ1v) is 4.02. The van der Waals surface area contributed by atoms with Gasteiger partial charge < -0.3 is 10.1 Å². The largest absolute Gasteiger partial charge is 0.392 e. The van der Waals surface area contributed by atoms with E-state index in [2.05, 4.69) is 10.1 Å². The highest BCUT2D eigenvalue weighted by molar-refractivity contribution is 5.96. The van der Waals surface area contributed by atoms with Crippen molar-refractivity contribution in [2.24, 2.45) is 0 Å². The van der Waals surface area contributed by atoms with Gasteiger partial charge in [0.1, 0.15) is 0 Å². The zero-order valence-electron chi connectivity index (χ0n) is 7.37. The van der Waals surface area contributed by atoms with Crippen LogP contribution < -0.4 is 5.32 Å². The highest BCUT2D eigenvalue weighted by Gasteiger charge is 2.16. The molecule has 0 aromatic carbocycles. The summed E-state index contributed by atoms with van der Waals surface area (Å²) in [7, 11) is 1.72. The maximum absolute atomic E-state index is 11.2. The molecule has 13 heavy (non-hydrogen) atoms. The third-order valence-electron chi connectivity index (χ3n) is 1.80. The van der Waals surface area contributed by atoms with Crippen LogP contribution >= 0.6 is 0 Å². The Bertz CT molecular complexity index is 279. The van der Waals surface area contributed by atoms with Crippen LogP contribution in [0.1, 0.15) is 12.8 Å². The van der Waals surface area contributed by atoms with E-state index in [0.717, 1.165) is 18.5 Å². The monoisotopic (exact) mass is 181 g/mol. The predicted octanol–water partition coefficient (Wildman–Crippen LogP) is 0.509. The van der Waals surface area contributed by atoms with Gasteiger partial charge in [0.15, 0.2) is 0 Å². The van der Waals surface area contributed by atoms with Gasteiger partial charge in [0, 0.05) is 12.7 Å². The SMILES string of the molecule is CNC1=CCCC=C1C(=O)OC=O. The molecule has 0 bridgehead atoms. The molecule has 0 atom stereocenters. The molecular weight excluding hydrogens is 170 g/mol. The zero-order chi connectivity index (χ0) is 9.68. The van der Waals surface area contributed by atoms with E-state index in [-0.39, 0.29) is 6.47 Å². The van der Waals surface area contributed by atoms with Crippen LogP contribution in [0.4, 0.5) is 0 Å². The number of likely N-dealkylation sites (N-methyl/N-ethyl adjacent to an activating group) is 1. The van der Waals surface area contributed by atoms with Crippen LogP contribution in [0.5, 0.6) is 0 Å². The first kappa shape index (κ1) is 9.51. The maximum atomic E-state index is 11.2. The molecule has 0 saturated heterocycles. The van der Waals surface area contributed by atoms with E-state index in [0.29, 0.717) is 5.57 Å². The van der Waals surface area contributed by atoms with E-state index in [1.54, 1.807) is 13.1 Å². The summed E-state index contributed by atoms with van der Waals surface area (Å²) < 4.78 is 4.24. The van der Waals surface area contributed by atoms with Crippen molar-refractivity contribution in [3.8, 4) is 0 Å². The minimum Gasteiger partial charge on any atom is -0.392 e. The summed E-state index contributed by atoms with van der Waals surface area (Å²) in [6.07, 6.45) is 5.36. The predicted molar refractivity (Wildman–Crippen MR) is 46.6 cm³/mol. The lowest BCUT2D eigenvalue weighted by atomic mass is 10.0. The molecule has 0 amide bonds. The second-order valence-electron chi connectivity index (χ2n) is 2.56. The Morgan fingerprint density at radius 3 is 2.85 bits per heavy atom. The average Bonchev–Trinajstić information content (AvgIpc) is 2.18. The molecule has 0 aromatic heterocycles. The molecule has 0 aliphatic heterocycles. The van der Waals surface area contributed by atoms with Gasteiger partial charge in [-0.05, 0) is 12.8 Å². The molecule has 0 saturated carbocycles. The van der Waals surface area contributed by atoms with Crippen LogP contribution in [0.2, 0.25) is 0 Å². The second-order valence-corrected chi connectivity index (χ2v) is 2.56. The molecule has 1 aliphatic rings. The fourth-order valence-corrected chi connectivity index (χ4v) is 1.21. The summed E-state index contributed by atoms with van der Waals surface area (Å²) in [6, 6.07) is 0. The Balaban J connectivity index is 2.77. The normalized spacial score (nSPS) is 15.5. The van der Waals surface area contributed by atoms with Gasteiger partial charge in [0.25, 0.3) is 0 Å². The fraction of sp³-hybridized carbons (Fsp3) is 0.333. The number of carbonyl (C=O) groups is 2. The van der Waals surface area contributed by atoms with Crippen molar-refractivity contribution >= 4 is 12.4 Å². The van der Waals surface area contributed by atoms with Gasteiger partial charge in [-0.25, -0.2) is 4.79 Å². The van der Waals surface area contributed by atoms with Crippen molar-refractivity contribution in [1.29, 1.82) is 0 Å². The Labute approximate surface area is 76.3 Å². The Kier molecular flexibility index (Phi) is 3.25. The Morgan fingerprint density at radius 2 is 2.23 bits per heavy atom. The van der Waals surface area contributed by atoms with Crippen molar-refractivity contribution < 1.29 is 14.3 Å². The molecule has 0 heterocycles. The summed E-state index contributed by atoms with van der Waals surface area (Å²) >= 11 is 0. The first-order chi connectivity index (χ1) is 6.29. The minimum atomic E-state index is -0.602. The van der Waals surface area contributed by atoms with Gasteiger partial charge in [0.2, 0.25) is 0 Å². The summed E-state index contributed by atoms with van der Waals surface area (Å²) in [5.74, 6) is -0.602. The molecule has 0 fully saturated rings. The van der Waals surface area contributed by atoms with Gasteiger partial charge in [-0.3, -0.25) is 4.79 Å². The molecule has 0 aromatic rings. The van der Waals surface area contributed by atoms with Gasteiger partial charge >= 0.3 is 12.4 Å². The molecule has 1 aliphatic carbocycles. The topological polar surface area (TPSA) is 55.4 Å². The van der Waals surface area contributed by atoms with Crippen molar-refractivity contribution in [2.75, 3.05) is 7.05 Å². The third kappa shape index (κ3) is 2.18. The van der Waals surface area contributed by atoms with Gasteiger partial charge in [0.05, 0.1) is 5.57 Å². The van der Waals surface area contributed by atoms with E-state index in [9.17, 15) is 9.59 Å². The van der Waals surface area contributed by atoms with Crippen molar-refractivity contribution in [3.05, 3.63) is 23.4 Å². The van der Waals surface area contributed by atoms with E-state index in [4.69, 9.17) is 0 Å². The number of hydrogen-bond donors (Lipinski definition) is 1. The molecule has 0 unspecified atom stereocenters. The smallest absolute Gasteiger partial charge is 0.347 e. The van der Waals surface area contributed by atoms with Crippen LogP contribution in [0.15, 0.2) is 23.4 Å². The van der Waals surface area contributed by atoms with Gasteiger partial charge in [-0.2, -0.15) is 0 Å². The molecule has 1 rings (SSSR count). The van der Waals surface area contributed by atoms with Crippen LogP contribution in [0.25, 0.3) is 0 Å². The number of ether oxygens (including phenoxy) is 1. The summed E-state index contributed by atoms with van der Waals surface area (Å²) in [6.45, 7) is 0.144. The van der Waals surface area contributed by atoms with Crippen molar-refractivity contribution in [2.45, 2.75) is 12.8 Å². The maximum Gasteiger partial charge on any atom is 0.347 e. The number of carbonyl (C=O) groups excluding carboxylic acids is 2. The molecule has 0 radical (unpaired) electrons. The summed E-state index contributed by atoms with van der Waals surface area (Å²) in [5, 5.41) is 2.87. The lowest BCUT2D eigenvalue weighted by molar-refractivity contribution is -0.147. The number of esters is 1. The Morgan fingerprint density at radius 1 is 1.54 bits per heavy atom. The number of nitrogens with one attached hydrogen (secondary N) is 1. The highest BCUT2D eigenvalue weighted by atomic mass is 16.6. The molecule has 1 N–H and O–H groups in total. The average molecular weight is 181 g/mol. The zero-order valence-corrected chi connectivity index (χ0v) is 7.37. The standard InChI is InChI=1S/C9H11NO3/c1-10-8-5-3-2-4-7(8)9(12)13-6-11/h4-6,10H,2-3H2,1H3. The van der Waals surface area contributed by atoms with Crippen LogP contribution in [0.3, 0.4) is 0 Å². The van der Waals surface area contributed by atoms with Crippen molar-refractivity contribution in [1.82, 2.24) is 5.32 Å². The van der Waals surface area contributed by atoms with Gasteiger partial charge in [-0.15, -0.1) is 0 Å². The lowest BCUT2D eigenvalue weighted by Crippen LogP contribution is -2.18. The number of hydrogen-bond acceptors (Lipinski definition) is 4. The van der Waals surface area contributed by atoms with Crippen LogP contribution in [-0.4, -0.2) is 19.5 Å². The molecule has 0 spiro atoms. The summed E-state index contributed by atoms with van der Waals surface area (Å²) in [5.41, 5.74) is 1.15. The molecular formula is C9H11NO3. The minimum absolute atomic E-state index is 0.144. The molecule has 4 heteroatoms. The van der Waals surface area contributed by atoms with E-state index >= 15 is 0 Å². The van der Waals surface area contributed by atoms with Gasteiger partial charge in [-0.1, -0.05) is 12.2 Å². The van der Waals surface area contributed by atoms with E-state index in [1.165, 1.54) is 0 Å². The highest BCUT2D eigenvalue weighted by Crippen LogP contribution is 2.16. The lowest BCUT2D eigenvalue weighted by Gasteiger charge is -2.12. The molecule has 70 valence electrons. The van der Waals surface area contributed by atoms with Crippen molar-refractivity contribution in [3.63, 3.8) is 0 Å².